The highest BCUT2D eigenvalue weighted by Gasteiger charge is 2.11. The van der Waals surface area contributed by atoms with Crippen molar-refractivity contribution in [1.82, 2.24) is 9.97 Å². The normalized spacial score (nSPS) is 10.1. The lowest BCUT2D eigenvalue weighted by atomic mass is 10.2. The first-order valence-electron chi connectivity index (χ1n) is 6.11. The average molecular weight is 272 g/mol. The third-order valence-corrected chi connectivity index (χ3v) is 2.74. The zero-order chi connectivity index (χ0) is 14.5. The number of benzene rings is 1. The van der Waals surface area contributed by atoms with Crippen LogP contribution in [0.15, 0.2) is 30.3 Å². The molecular formula is C14H16N4O2. The molecule has 0 bridgehead atoms. The van der Waals surface area contributed by atoms with Gasteiger partial charge >= 0.3 is 5.97 Å². The zero-order valence-electron chi connectivity index (χ0n) is 11.4. The van der Waals surface area contributed by atoms with Gasteiger partial charge in [-0.1, -0.05) is 18.2 Å². The average Bonchev–Trinajstić information content (AvgIpc) is 2.45. The smallest absolute Gasteiger partial charge is 0.376 e. The highest BCUT2D eigenvalue weighted by Crippen LogP contribution is 2.13. The third kappa shape index (κ3) is 3.23. The molecule has 0 spiro atoms. The van der Waals surface area contributed by atoms with Gasteiger partial charge < -0.3 is 15.8 Å². The predicted octanol–water partition coefficient (Wildman–Crippen LogP) is 1.77. The summed E-state index contributed by atoms with van der Waals surface area (Å²) in [5.41, 5.74) is 8.22. The van der Waals surface area contributed by atoms with E-state index in [1.165, 1.54) is 7.11 Å². The van der Waals surface area contributed by atoms with Crippen molar-refractivity contribution in [2.24, 2.45) is 0 Å². The Morgan fingerprint density at radius 3 is 2.80 bits per heavy atom. The second kappa shape index (κ2) is 6.01. The molecule has 0 radical (unpaired) electrons. The lowest BCUT2D eigenvalue weighted by Crippen LogP contribution is -2.11. The van der Waals surface area contributed by atoms with Crippen molar-refractivity contribution in [3.05, 3.63) is 47.4 Å². The fourth-order valence-electron chi connectivity index (χ4n) is 1.72. The van der Waals surface area contributed by atoms with E-state index in [2.05, 4.69) is 20.0 Å². The van der Waals surface area contributed by atoms with Crippen molar-refractivity contribution in [2.45, 2.75) is 13.5 Å². The SMILES string of the molecule is COC(=O)c1nc(C)cc(NCc2ccccc2N)n1. The Morgan fingerprint density at radius 1 is 1.35 bits per heavy atom. The molecule has 0 atom stereocenters. The molecule has 1 aromatic carbocycles. The van der Waals surface area contributed by atoms with E-state index >= 15 is 0 Å². The first kappa shape index (κ1) is 13.8. The Bertz CT molecular complexity index is 628. The Labute approximate surface area is 117 Å². The lowest BCUT2D eigenvalue weighted by molar-refractivity contribution is 0.0586. The van der Waals surface area contributed by atoms with Crippen molar-refractivity contribution >= 4 is 17.5 Å². The number of hydrogen-bond acceptors (Lipinski definition) is 6. The van der Waals surface area contributed by atoms with Crippen LogP contribution in [0.2, 0.25) is 0 Å². The van der Waals surface area contributed by atoms with Gasteiger partial charge in [-0.3, -0.25) is 0 Å². The number of hydrogen-bond donors (Lipinski definition) is 2. The number of carbonyl (C=O) groups excluding carboxylic acids is 1. The minimum absolute atomic E-state index is 0.0380. The number of aryl methyl sites for hydroxylation is 1. The fourth-order valence-corrected chi connectivity index (χ4v) is 1.72. The van der Waals surface area contributed by atoms with Crippen molar-refractivity contribution in [2.75, 3.05) is 18.2 Å². The summed E-state index contributed by atoms with van der Waals surface area (Å²) in [5, 5.41) is 3.12. The van der Waals surface area contributed by atoms with E-state index in [1.54, 1.807) is 13.0 Å². The summed E-state index contributed by atoms with van der Waals surface area (Å²) in [6.07, 6.45) is 0. The molecule has 1 aromatic heterocycles. The molecule has 104 valence electrons. The van der Waals surface area contributed by atoms with Crippen LogP contribution in [-0.2, 0) is 11.3 Å². The number of nitrogen functional groups attached to an aromatic ring is 1. The Balaban J connectivity index is 2.16. The van der Waals surface area contributed by atoms with E-state index < -0.39 is 5.97 Å². The highest BCUT2D eigenvalue weighted by molar-refractivity contribution is 5.85. The van der Waals surface area contributed by atoms with Crippen LogP contribution in [0, 0.1) is 6.92 Å². The minimum atomic E-state index is -0.559. The van der Waals surface area contributed by atoms with Crippen molar-refractivity contribution in [1.29, 1.82) is 0 Å². The van der Waals surface area contributed by atoms with Crippen LogP contribution in [0.1, 0.15) is 21.9 Å². The monoisotopic (exact) mass is 272 g/mol. The van der Waals surface area contributed by atoms with Gasteiger partial charge in [0.05, 0.1) is 7.11 Å². The summed E-state index contributed by atoms with van der Waals surface area (Å²) < 4.78 is 4.62. The molecule has 6 nitrogen and oxygen atoms in total. The van der Waals surface area contributed by atoms with E-state index in [-0.39, 0.29) is 5.82 Å². The first-order valence-corrected chi connectivity index (χ1v) is 6.11. The summed E-state index contributed by atoms with van der Waals surface area (Å²) >= 11 is 0. The maximum Gasteiger partial charge on any atom is 0.376 e. The van der Waals surface area contributed by atoms with Gasteiger partial charge in [0, 0.05) is 24.0 Å². The fraction of sp³-hybridized carbons (Fsp3) is 0.214. The molecule has 0 saturated carbocycles. The zero-order valence-corrected chi connectivity index (χ0v) is 11.4. The van der Waals surface area contributed by atoms with E-state index in [1.807, 2.05) is 24.3 Å². The van der Waals surface area contributed by atoms with Crippen molar-refractivity contribution in [3.63, 3.8) is 0 Å². The number of para-hydroxylation sites is 1. The summed E-state index contributed by atoms with van der Waals surface area (Å²) in [5.74, 6) is 0.0353. The van der Waals surface area contributed by atoms with Crippen LogP contribution >= 0.6 is 0 Å². The molecule has 0 aliphatic carbocycles. The van der Waals surface area contributed by atoms with E-state index in [0.717, 1.165) is 5.56 Å². The van der Waals surface area contributed by atoms with Gasteiger partial charge in [-0.2, -0.15) is 0 Å². The summed E-state index contributed by atoms with van der Waals surface area (Å²) in [6.45, 7) is 2.31. The molecular weight excluding hydrogens is 256 g/mol. The summed E-state index contributed by atoms with van der Waals surface area (Å²) in [6, 6.07) is 9.31. The number of esters is 1. The van der Waals surface area contributed by atoms with Gasteiger partial charge in [-0.05, 0) is 18.6 Å². The quantitative estimate of drug-likeness (QED) is 0.651. The number of nitrogens with zero attached hydrogens (tertiary/aromatic N) is 2. The van der Waals surface area contributed by atoms with Crippen LogP contribution in [0.25, 0.3) is 0 Å². The molecule has 0 fully saturated rings. The second-order valence-electron chi connectivity index (χ2n) is 4.26. The molecule has 3 N–H and O–H groups in total. The van der Waals surface area contributed by atoms with Crippen molar-refractivity contribution in [3.8, 4) is 0 Å². The number of aromatic nitrogens is 2. The number of nitrogens with one attached hydrogen (secondary N) is 1. The highest BCUT2D eigenvalue weighted by atomic mass is 16.5. The van der Waals surface area contributed by atoms with Crippen LogP contribution in [0.3, 0.4) is 0 Å². The van der Waals surface area contributed by atoms with E-state index in [0.29, 0.717) is 23.7 Å². The molecule has 2 aromatic rings. The second-order valence-corrected chi connectivity index (χ2v) is 4.26. The van der Waals surface area contributed by atoms with Crippen LogP contribution < -0.4 is 11.1 Å². The Morgan fingerprint density at radius 2 is 2.10 bits per heavy atom. The molecule has 0 unspecified atom stereocenters. The third-order valence-electron chi connectivity index (χ3n) is 2.74. The van der Waals surface area contributed by atoms with E-state index in [9.17, 15) is 4.79 Å². The molecule has 1 heterocycles. The van der Waals surface area contributed by atoms with Crippen LogP contribution in [0.5, 0.6) is 0 Å². The van der Waals surface area contributed by atoms with Gasteiger partial charge in [0.25, 0.3) is 0 Å². The minimum Gasteiger partial charge on any atom is -0.463 e. The Kier molecular flexibility index (Phi) is 4.14. The van der Waals surface area contributed by atoms with Crippen molar-refractivity contribution < 1.29 is 9.53 Å². The summed E-state index contributed by atoms with van der Waals surface area (Å²) in [4.78, 5) is 19.6. The van der Waals surface area contributed by atoms with Gasteiger partial charge in [-0.15, -0.1) is 0 Å². The van der Waals surface area contributed by atoms with Crippen LogP contribution in [0.4, 0.5) is 11.5 Å². The Hall–Kier alpha value is -2.63. The molecule has 0 saturated heterocycles. The number of anilines is 2. The number of rotatable bonds is 4. The standard InChI is InChI=1S/C14H16N4O2/c1-9-7-12(18-13(17-9)14(19)20-2)16-8-10-5-3-4-6-11(10)15/h3-7H,8,15H2,1-2H3,(H,16,17,18). The molecule has 2 rings (SSSR count). The molecule has 20 heavy (non-hydrogen) atoms. The maximum atomic E-state index is 11.5. The predicted molar refractivity (Wildman–Crippen MR) is 76.3 cm³/mol. The lowest BCUT2D eigenvalue weighted by Gasteiger charge is -2.09. The van der Waals surface area contributed by atoms with Gasteiger partial charge in [0.15, 0.2) is 0 Å². The number of ether oxygens (including phenoxy) is 1. The maximum absolute atomic E-state index is 11.5. The topological polar surface area (TPSA) is 90.1 Å². The largest absolute Gasteiger partial charge is 0.463 e. The molecule has 0 aliphatic heterocycles. The number of nitrogens with two attached hydrogens (primary N) is 1. The first-order chi connectivity index (χ1) is 9.60. The molecule has 6 heteroatoms. The van der Waals surface area contributed by atoms with Crippen LogP contribution in [-0.4, -0.2) is 23.0 Å². The summed E-state index contributed by atoms with van der Waals surface area (Å²) in [7, 11) is 1.30. The van der Waals surface area contributed by atoms with E-state index in [4.69, 9.17) is 5.73 Å². The molecule has 0 aliphatic rings. The van der Waals surface area contributed by atoms with Gasteiger partial charge in [0.1, 0.15) is 5.82 Å². The molecule has 0 amide bonds. The number of carbonyl (C=O) groups is 1. The number of methoxy groups -OCH3 is 1. The van der Waals surface area contributed by atoms with Gasteiger partial charge in [0.2, 0.25) is 5.82 Å². The van der Waals surface area contributed by atoms with Gasteiger partial charge in [-0.25, -0.2) is 14.8 Å².